The smallest absolute Gasteiger partial charge is 0.226 e. The number of carbonyl (C=O) groups excluding carboxylic acids is 1. The molecule has 1 amide bonds. The zero-order valence-electron chi connectivity index (χ0n) is 18.2. The zero-order valence-corrected chi connectivity index (χ0v) is 18.2. The van der Waals surface area contributed by atoms with Gasteiger partial charge in [0, 0.05) is 18.3 Å². The Hall–Kier alpha value is -3.47. The number of nitrogens with one attached hydrogen (secondary N) is 1. The van der Waals surface area contributed by atoms with Crippen LogP contribution in [0.5, 0.6) is 11.5 Å². The van der Waals surface area contributed by atoms with Crippen molar-refractivity contribution in [2.75, 3.05) is 23.9 Å². The Kier molecular flexibility index (Phi) is 6.12. The number of rotatable bonds is 6. The van der Waals surface area contributed by atoms with Gasteiger partial charge in [0.25, 0.3) is 0 Å². The van der Waals surface area contributed by atoms with Crippen molar-refractivity contribution in [3.05, 3.63) is 83.4 Å². The van der Waals surface area contributed by atoms with E-state index in [1.165, 1.54) is 11.1 Å². The highest BCUT2D eigenvalue weighted by Gasteiger charge is 2.29. The summed E-state index contributed by atoms with van der Waals surface area (Å²) in [5, 5.41) is 2.99. The van der Waals surface area contributed by atoms with Gasteiger partial charge in [-0.15, -0.1) is 0 Å². The molecule has 4 rings (SSSR count). The molecular weight excluding hydrogens is 388 g/mol. The molecule has 5 nitrogen and oxygen atoms in total. The molecule has 1 atom stereocenters. The predicted octanol–water partition coefficient (Wildman–Crippen LogP) is 5.11. The maximum Gasteiger partial charge on any atom is 0.226 e. The van der Waals surface area contributed by atoms with E-state index in [4.69, 9.17) is 9.47 Å². The first-order chi connectivity index (χ1) is 15.0. The molecule has 160 valence electrons. The lowest BCUT2D eigenvalue weighted by Gasteiger charge is -2.38. The van der Waals surface area contributed by atoms with Gasteiger partial charge in [-0.05, 0) is 49.2 Å². The Morgan fingerprint density at radius 3 is 2.61 bits per heavy atom. The summed E-state index contributed by atoms with van der Waals surface area (Å²) in [6.45, 7) is 5.33. The van der Waals surface area contributed by atoms with E-state index >= 15 is 0 Å². The predicted molar refractivity (Wildman–Crippen MR) is 124 cm³/mol. The highest BCUT2D eigenvalue weighted by Crippen LogP contribution is 2.36. The third kappa shape index (κ3) is 5.00. The topological polar surface area (TPSA) is 50.8 Å². The minimum Gasteiger partial charge on any atom is -0.497 e. The summed E-state index contributed by atoms with van der Waals surface area (Å²) in [6, 6.07) is 22.1. The molecule has 3 aromatic carbocycles. The van der Waals surface area contributed by atoms with E-state index in [-0.39, 0.29) is 11.9 Å². The Morgan fingerprint density at radius 2 is 1.84 bits per heavy atom. The molecule has 0 saturated heterocycles. The molecule has 0 spiro atoms. The lowest BCUT2D eigenvalue weighted by Crippen LogP contribution is -2.44. The van der Waals surface area contributed by atoms with Crippen LogP contribution in [0.15, 0.2) is 66.7 Å². The maximum absolute atomic E-state index is 12.9. The molecule has 0 fully saturated rings. The standard InChI is InChI=1S/C26H28N2O3/c1-18-7-10-20(11-8-18)16-28-22(17-31-25-13-19(2)9-12-24(25)28)15-26(29)27-21-5-4-6-23(14-21)30-3/h4-14,22H,15-17H2,1-3H3,(H,27,29)/t22-/m0/s1. The molecule has 3 aromatic rings. The van der Waals surface area contributed by atoms with Crippen molar-refractivity contribution in [1.82, 2.24) is 0 Å². The Balaban J connectivity index is 1.54. The summed E-state index contributed by atoms with van der Waals surface area (Å²) in [6.07, 6.45) is 0.330. The number of ether oxygens (including phenoxy) is 2. The minimum atomic E-state index is -0.0675. The zero-order chi connectivity index (χ0) is 21.8. The van der Waals surface area contributed by atoms with E-state index in [2.05, 4.69) is 66.5 Å². The van der Waals surface area contributed by atoms with Crippen LogP contribution in [0.1, 0.15) is 23.1 Å². The van der Waals surface area contributed by atoms with E-state index in [0.717, 1.165) is 29.2 Å². The Bertz CT molecular complexity index is 1060. The highest BCUT2D eigenvalue weighted by molar-refractivity contribution is 5.91. The molecule has 1 aliphatic rings. The second-order valence-corrected chi connectivity index (χ2v) is 8.03. The van der Waals surface area contributed by atoms with Crippen molar-refractivity contribution in [1.29, 1.82) is 0 Å². The molecular formula is C26H28N2O3. The molecule has 1 aliphatic heterocycles. The van der Waals surface area contributed by atoms with E-state index in [1.807, 2.05) is 24.3 Å². The second kappa shape index (κ2) is 9.13. The average Bonchev–Trinajstić information content (AvgIpc) is 2.76. The van der Waals surface area contributed by atoms with Gasteiger partial charge in [-0.1, -0.05) is 42.0 Å². The van der Waals surface area contributed by atoms with Crippen molar-refractivity contribution in [3.63, 3.8) is 0 Å². The van der Waals surface area contributed by atoms with E-state index in [9.17, 15) is 4.79 Å². The first-order valence-electron chi connectivity index (χ1n) is 10.5. The largest absolute Gasteiger partial charge is 0.497 e. The van der Waals surface area contributed by atoms with Gasteiger partial charge in [0.1, 0.15) is 18.1 Å². The summed E-state index contributed by atoms with van der Waals surface area (Å²) in [4.78, 5) is 15.1. The van der Waals surface area contributed by atoms with Gasteiger partial charge >= 0.3 is 0 Å². The molecule has 0 unspecified atom stereocenters. The quantitative estimate of drug-likeness (QED) is 0.607. The number of hydrogen-bond donors (Lipinski definition) is 1. The third-order valence-electron chi connectivity index (χ3n) is 5.54. The molecule has 0 radical (unpaired) electrons. The van der Waals surface area contributed by atoms with Crippen LogP contribution in [0, 0.1) is 13.8 Å². The number of amides is 1. The van der Waals surface area contributed by atoms with Gasteiger partial charge in [0.15, 0.2) is 0 Å². The first kappa shape index (κ1) is 20.8. The minimum absolute atomic E-state index is 0.0497. The van der Waals surface area contributed by atoms with Gasteiger partial charge in [0.2, 0.25) is 5.91 Å². The van der Waals surface area contributed by atoms with Crippen LogP contribution >= 0.6 is 0 Å². The van der Waals surface area contributed by atoms with Crippen LogP contribution in [-0.2, 0) is 11.3 Å². The maximum atomic E-state index is 12.9. The number of benzene rings is 3. The first-order valence-corrected chi connectivity index (χ1v) is 10.5. The van der Waals surface area contributed by atoms with Gasteiger partial charge in [-0.2, -0.15) is 0 Å². The van der Waals surface area contributed by atoms with Crippen LogP contribution in [-0.4, -0.2) is 25.7 Å². The van der Waals surface area contributed by atoms with Crippen LogP contribution in [0.25, 0.3) is 0 Å². The monoisotopic (exact) mass is 416 g/mol. The SMILES string of the molecule is COc1cccc(NC(=O)C[C@H]2COc3cc(C)ccc3N2Cc2ccc(C)cc2)c1. The molecule has 0 saturated carbocycles. The third-order valence-corrected chi connectivity index (χ3v) is 5.54. The van der Waals surface area contributed by atoms with Crippen LogP contribution in [0.3, 0.4) is 0 Å². The summed E-state index contributed by atoms with van der Waals surface area (Å²) in [5.41, 5.74) is 5.34. The Morgan fingerprint density at radius 1 is 1.06 bits per heavy atom. The van der Waals surface area contributed by atoms with Gasteiger partial charge in [0.05, 0.1) is 25.3 Å². The van der Waals surface area contributed by atoms with Crippen LogP contribution in [0.2, 0.25) is 0 Å². The van der Waals surface area contributed by atoms with E-state index < -0.39 is 0 Å². The fraction of sp³-hybridized carbons (Fsp3) is 0.269. The number of carbonyl (C=O) groups is 1. The number of nitrogens with zero attached hydrogens (tertiary/aromatic N) is 1. The lowest BCUT2D eigenvalue weighted by molar-refractivity contribution is -0.116. The molecule has 1 N–H and O–H groups in total. The molecule has 0 aromatic heterocycles. The number of aryl methyl sites for hydroxylation is 2. The molecule has 1 heterocycles. The molecule has 5 heteroatoms. The summed E-state index contributed by atoms with van der Waals surface area (Å²) >= 11 is 0. The van der Waals surface area contributed by atoms with Crippen molar-refractivity contribution >= 4 is 17.3 Å². The second-order valence-electron chi connectivity index (χ2n) is 8.03. The van der Waals surface area contributed by atoms with E-state index in [0.29, 0.717) is 18.8 Å². The fourth-order valence-corrected chi connectivity index (χ4v) is 3.85. The van der Waals surface area contributed by atoms with Crippen molar-refractivity contribution in [2.24, 2.45) is 0 Å². The van der Waals surface area contributed by atoms with Crippen LogP contribution in [0.4, 0.5) is 11.4 Å². The van der Waals surface area contributed by atoms with Crippen molar-refractivity contribution < 1.29 is 14.3 Å². The van der Waals surface area contributed by atoms with Crippen molar-refractivity contribution in [3.8, 4) is 11.5 Å². The van der Waals surface area contributed by atoms with Crippen molar-refractivity contribution in [2.45, 2.75) is 32.9 Å². The number of hydrogen-bond acceptors (Lipinski definition) is 4. The summed E-state index contributed by atoms with van der Waals surface area (Å²) in [7, 11) is 1.61. The lowest BCUT2D eigenvalue weighted by atomic mass is 10.0. The molecule has 0 aliphatic carbocycles. The highest BCUT2D eigenvalue weighted by atomic mass is 16.5. The molecule has 0 bridgehead atoms. The summed E-state index contributed by atoms with van der Waals surface area (Å²) in [5.74, 6) is 1.53. The van der Waals surface area contributed by atoms with Gasteiger partial charge in [-0.3, -0.25) is 4.79 Å². The molecule has 31 heavy (non-hydrogen) atoms. The summed E-state index contributed by atoms with van der Waals surface area (Å²) < 4.78 is 11.3. The fourth-order valence-electron chi connectivity index (χ4n) is 3.85. The number of anilines is 2. The number of fused-ring (bicyclic) bond motifs is 1. The van der Waals surface area contributed by atoms with Crippen LogP contribution < -0.4 is 19.7 Å². The average molecular weight is 417 g/mol. The number of methoxy groups -OCH3 is 1. The van der Waals surface area contributed by atoms with E-state index in [1.54, 1.807) is 7.11 Å². The van der Waals surface area contributed by atoms with Gasteiger partial charge in [-0.25, -0.2) is 0 Å². The Labute approximate surface area is 183 Å². The normalized spacial score (nSPS) is 15.1. The van der Waals surface area contributed by atoms with Gasteiger partial charge < -0.3 is 19.7 Å².